The van der Waals surface area contributed by atoms with Crippen molar-refractivity contribution in [2.45, 2.75) is 50.3 Å². The standard InChI is InChI=1S/C20H19ClO3/c21-19-17-12-7-5-3-1-2-4-6-11(12)13-8-15-16(24-10-23-15)9-14(13)18(17)20(19)22/h8-9,19H,1-7,10H2. The van der Waals surface area contributed by atoms with Gasteiger partial charge in [0.05, 0.1) is 0 Å². The lowest BCUT2D eigenvalue weighted by molar-refractivity contribution is 0.0962. The minimum atomic E-state index is -0.468. The highest BCUT2D eigenvalue weighted by Crippen LogP contribution is 2.50. The van der Waals surface area contributed by atoms with Gasteiger partial charge in [-0.05, 0) is 65.3 Å². The number of rotatable bonds is 0. The summed E-state index contributed by atoms with van der Waals surface area (Å²) in [6.45, 7) is 0.252. The van der Waals surface area contributed by atoms with Crippen LogP contribution in [0.3, 0.4) is 0 Å². The van der Waals surface area contributed by atoms with Crippen LogP contribution in [-0.2, 0) is 12.8 Å². The highest BCUT2D eigenvalue weighted by Gasteiger charge is 2.40. The molecule has 24 heavy (non-hydrogen) atoms. The number of hydrogen-bond acceptors (Lipinski definition) is 3. The average molecular weight is 343 g/mol. The minimum Gasteiger partial charge on any atom is -0.454 e. The number of carbonyl (C=O) groups is 1. The molecule has 1 aliphatic heterocycles. The fourth-order valence-corrected chi connectivity index (χ4v) is 4.80. The van der Waals surface area contributed by atoms with Gasteiger partial charge < -0.3 is 9.47 Å². The van der Waals surface area contributed by atoms with E-state index in [4.69, 9.17) is 21.1 Å². The van der Waals surface area contributed by atoms with Crippen LogP contribution < -0.4 is 9.47 Å². The van der Waals surface area contributed by atoms with E-state index < -0.39 is 5.38 Å². The van der Waals surface area contributed by atoms with Gasteiger partial charge in [0.2, 0.25) is 6.79 Å². The first-order valence-electron chi connectivity index (χ1n) is 8.85. The van der Waals surface area contributed by atoms with Crippen molar-refractivity contribution in [2.75, 3.05) is 6.79 Å². The third-order valence-electron chi connectivity index (χ3n) is 5.65. The van der Waals surface area contributed by atoms with Crippen molar-refractivity contribution in [1.29, 1.82) is 0 Å². The first-order chi connectivity index (χ1) is 11.8. The molecule has 1 heterocycles. The number of hydrogen-bond donors (Lipinski definition) is 0. The van der Waals surface area contributed by atoms with E-state index in [-0.39, 0.29) is 12.6 Å². The maximum atomic E-state index is 12.5. The maximum absolute atomic E-state index is 12.5. The van der Waals surface area contributed by atoms with Gasteiger partial charge in [0.15, 0.2) is 17.3 Å². The Hall–Kier alpha value is -1.74. The van der Waals surface area contributed by atoms with Crippen LogP contribution in [0.1, 0.15) is 64.5 Å². The molecule has 0 fully saturated rings. The second-order valence-corrected chi connectivity index (χ2v) is 7.43. The van der Waals surface area contributed by atoms with E-state index in [0.29, 0.717) is 0 Å². The van der Waals surface area contributed by atoms with Crippen LogP contribution in [-0.4, -0.2) is 12.6 Å². The molecule has 2 aromatic carbocycles. The van der Waals surface area contributed by atoms with Crippen LogP contribution in [0.2, 0.25) is 0 Å². The fraction of sp³-hybridized carbons (Fsp3) is 0.450. The molecule has 124 valence electrons. The number of Topliss-reactive ketones (excluding diaryl/α,β-unsaturated/α-hetero) is 1. The molecule has 0 amide bonds. The van der Waals surface area contributed by atoms with Gasteiger partial charge in [-0.15, -0.1) is 11.6 Å². The third kappa shape index (κ3) is 1.94. The summed E-state index contributed by atoms with van der Waals surface area (Å²) in [5.74, 6) is 1.58. The van der Waals surface area contributed by atoms with Gasteiger partial charge in [-0.2, -0.15) is 0 Å². The second kappa shape index (κ2) is 5.38. The molecule has 0 aromatic heterocycles. The fourth-order valence-electron chi connectivity index (χ4n) is 4.45. The Morgan fingerprint density at radius 3 is 2.25 bits per heavy atom. The Balaban J connectivity index is 1.83. The van der Waals surface area contributed by atoms with Crippen molar-refractivity contribution in [3.05, 3.63) is 34.4 Å². The maximum Gasteiger partial charge on any atom is 0.231 e. The van der Waals surface area contributed by atoms with Crippen molar-refractivity contribution >= 4 is 28.2 Å². The summed E-state index contributed by atoms with van der Waals surface area (Å²) in [5.41, 5.74) is 4.62. The third-order valence-corrected chi connectivity index (χ3v) is 6.07. The zero-order valence-corrected chi connectivity index (χ0v) is 14.2. The van der Waals surface area contributed by atoms with E-state index in [2.05, 4.69) is 6.07 Å². The highest BCUT2D eigenvalue weighted by molar-refractivity contribution is 6.41. The summed E-state index contributed by atoms with van der Waals surface area (Å²) in [4.78, 5) is 12.5. The monoisotopic (exact) mass is 342 g/mol. The number of alkyl halides is 1. The number of benzene rings is 2. The van der Waals surface area contributed by atoms with Crippen molar-refractivity contribution in [3.8, 4) is 11.5 Å². The number of ketones is 1. The van der Waals surface area contributed by atoms with Gasteiger partial charge in [-0.25, -0.2) is 0 Å². The van der Waals surface area contributed by atoms with Crippen LogP contribution in [0.25, 0.3) is 10.8 Å². The molecule has 5 rings (SSSR count). The second-order valence-electron chi connectivity index (χ2n) is 6.99. The molecule has 1 unspecified atom stereocenters. The summed E-state index contributed by atoms with van der Waals surface area (Å²) >= 11 is 6.41. The highest BCUT2D eigenvalue weighted by atomic mass is 35.5. The van der Waals surface area contributed by atoms with E-state index >= 15 is 0 Å². The number of fused-ring (bicyclic) bond motifs is 7. The lowest BCUT2D eigenvalue weighted by Crippen LogP contribution is -2.26. The minimum absolute atomic E-state index is 0.0539. The predicted octanol–water partition coefficient (Wildman–Crippen LogP) is 5.09. The van der Waals surface area contributed by atoms with Gasteiger partial charge in [0, 0.05) is 5.56 Å². The van der Waals surface area contributed by atoms with Gasteiger partial charge in [-0.3, -0.25) is 4.79 Å². The zero-order chi connectivity index (χ0) is 16.3. The van der Waals surface area contributed by atoms with Crippen LogP contribution in [0.15, 0.2) is 12.1 Å². The Kier molecular flexibility index (Phi) is 3.27. The van der Waals surface area contributed by atoms with Crippen molar-refractivity contribution in [2.24, 2.45) is 0 Å². The summed E-state index contributed by atoms with van der Waals surface area (Å²) in [6.07, 6.45) is 8.27. The van der Waals surface area contributed by atoms with Gasteiger partial charge in [-0.1, -0.05) is 19.3 Å². The van der Waals surface area contributed by atoms with Gasteiger partial charge in [0.25, 0.3) is 0 Å². The van der Waals surface area contributed by atoms with Crippen molar-refractivity contribution in [3.63, 3.8) is 0 Å². The van der Waals surface area contributed by atoms with Crippen LogP contribution in [0.5, 0.6) is 11.5 Å². The Morgan fingerprint density at radius 1 is 0.875 bits per heavy atom. The molecule has 4 heteroatoms. The molecule has 0 saturated heterocycles. The SMILES string of the molecule is O=C1c2c(c3c(c4cc5c(cc24)OCO5)CCCCCCC3)C1Cl. The van der Waals surface area contributed by atoms with E-state index in [1.54, 1.807) is 0 Å². The summed E-state index contributed by atoms with van der Waals surface area (Å²) in [7, 11) is 0. The molecule has 0 radical (unpaired) electrons. The number of carbonyl (C=O) groups excluding carboxylic acids is 1. The molecule has 0 N–H and O–H groups in total. The molecule has 0 saturated carbocycles. The molecule has 3 aliphatic rings. The summed E-state index contributed by atoms with van der Waals surface area (Å²) < 4.78 is 11.1. The lowest BCUT2D eigenvalue weighted by atomic mass is 9.75. The Morgan fingerprint density at radius 2 is 1.50 bits per heavy atom. The van der Waals surface area contributed by atoms with E-state index in [0.717, 1.165) is 46.2 Å². The molecule has 2 aromatic rings. The molecule has 1 atom stereocenters. The van der Waals surface area contributed by atoms with Gasteiger partial charge >= 0.3 is 0 Å². The molecule has 0 bridgehead atoms. The van der Waals surface area contributed by atoms with Gasteiger partial charge in [0.1, 0.15) is 5.38 Å². The number of halogens is 1. The first-order valence-corrected chi connectivity index (χ1v) is 9.28. The number of ether oxygens (including phenoxy) is 2. The largest absolute Gasteiger partial charge is 0.454 e. The quantitative estimate of drug-likeness (QED) is 0.625. The lowest BCUT2D eigenvalue weighted by Gasteiger charge is -2.31. The van der Waals surface area contributed by atoms with Crippen LogP contribution in [0, 0.1) is 0 Å². The predicted molar refractivity (Wildman–Crippen MR) is 93.5 cm³/mol. The van der Waals surface area contributed by atoms with E-state index in [9.17, 15) is 4.79 Å². The summed E-state index contributed by atoms with van der Waals surface area (Å²) in [5, 5.41) is 1.69. The Labute approximate surface area is 145 Å². The topological polar surface area (TPSA) is 35.5 Å². The smallest absolute Gasteiger partial charge is 0.231 e. The first kappa shape index (κ1) is 14.6. The summed E-state index contributed by atoms with van der Waals surface area (Å²) in [6, 6.07) is 4.05. The molecule has 0 spiro atoms. The molecular formula is C20H19ClO3. The Bertz CT molecular complexity index is 871. The molecule has 2 aliphatic carbocycles. The molecular weight excluding hydrogens is 324 g/mol. The van der Waals surface area contributed by atoms with Crippen molar-refractivity contribution in [1.82, 2.24) is 0 Å². The zero-order valence-electron chi connectivity index (χ0n) is 13.5. The normalized spacial score (nSPS) is 22.2. The van der Waals surface area contributed by atoms with Crippen LogP contribution in [0.4, 0.5) is 0 Å². The van der Waals surface area contributed by atoms with E-state index in [1.807, 2.05) is 6.07 Å². The van der Waals surface area contributed by atoms with E-state index in [1.165, 1.54) is 43.2 Å². The molecule has 3 nitrogen and oxygen atoms in total. The average Bonchev–Trinajstić information content (AvgIpc) is 3.08. The van der Waals surface area contributed by atoms with Crippen LogP contribution >= 0.6 is 11.6 Å². The number of aryl methyl sites for hydroxylation is 1. The van der Waals surface area contributed by atoms with Crippen molar-refractivity contribution < 1.29 is 14.3 Å².